The number of hydrogen-bond acceptors (Lipinski definition) is 7. The van der Waals surface area contributed by atoms with Gasteiger partial charge in [-0.3, -0.25) is 4.79 Å². The van der Waals surface area contributed by atoms with Crippen molar-refractivity contribution in [2.24, 2.45) is 0 Å². The summed E-state index contributed by atoms with van der Waals surface area (Å²) in [7, 11) is 0. The highest BCUT2D eigenvalue weighted by Gasteiger charge is 2.02. The lowest BCUT2D eigenvalue weighted by atomic mass is 10.0. The summed E-state index contributed by atoms with van der Waals surface area (Å²) < 4.78 is 32.0. The molecule has 0 spiro atoms. The second-order valence-electron chi connectivity index (χ2n) is 8.96. The Hall–Kier alpha value is -0.440. The van der Waals surface area contributed by atoms with Crippen molar-refractivity contribution in [3.05, 3.63) is 0 Å². The first-order valence-corrected chi connectivity index (χ1v) is 14.9. The van der Waals surface area contributed by atoms with Crippen LogP contribution in [0.3, 0.4) is 0 Å². The van der Waals surface area contributed by atoms with E-state index in [9.17, 15) is 4.79 Å². The van der Waals surface area contributed by atoms with Gasteiger partial charge in [-0.15, -0.1) is 11.6 Å². The van der Waals surface area contributed by atoms with Gasteiger partial charge >= 0.3 is 5.97 Å². The summed E-state index contributed by atoms with van der Waals surface area (Å²) in [5.74, 6) is 0.378. The van der Waals surface area contributed by atoms with Crippen molar-refractivity contribution >= 4 is 17.6 Å². The molecule has 0 heterocycles. The largest absolute Gasteiger partial charge is 0.463 e. The zero-order chi connectivity index (χ0) is 26.2. The van der Waals surface area contributed by atoms with Crippen LogP contribution in [0.4, 0.5) is 0 Å². The van der Waals surface area contributed by atoms with Gasteiger partial charge in [-0.1, -0.05) is 84.0 Å². The quantitative estimate of drug-likeness (QED) is 0.0579. The topological polar surface area (TPSA) is 72.5 Å². The van der Waals surface area contributed by atoms with Gasteiger partial charge in [-0.2, -0.15) is 0 Å². The van der Waals surface area contributed by atoms with Crippen LogP contribution in [0.2, 0.25) is 0 Å². The minimum atomic E-state index is -0.123. The fraction of sp³-hybridized carbons (Fsp3) is 0.964. The molecule has 0 radical (unpaired) electrons. The monoisotopic (exact) mass is 538 g/mol. The molecule has 0 aromatic rings. The highest BCUT2D eigenvalue weighted by atomic mass is 35.5. The SMILES string of the molecule is CCCCCCCCCCCCCCCC(=O)OCCOCCOCCOCCOCCOCCCl. The van der Waals surface area contributed by atoms with Gasteiger partial charge in [0.15, 0.2) is 0 Å². The minimum Gasteiger partial charge on any atom is -0.463 e. The summed E-state index contributed by atoms with van der Waals surface area (Å²) in [4.78, 5) is 11.8. The van der Waals surface area contributed by atoms with Crippen LogP contribution < -0.4 is 0 Å². The molecule has 0 bridgehead atoms. The molecule has 0 aliphatic heterocycles. The van der Waals surface area contributed by atoms with E-state index in [-0.39, 0.29) is 5.97 Å². The third kappa shape index (κ3) is 31.6. The molecule has 0 rings (SSSR count). The molecule has 0 unspecified atom stereocenters. The van der Waals surface area contributed by atoms with Crippen molar-refractivity contribution in [2.75, 3.05) is 78.6 Å². The van der Waals surface area contributed by atoms with Crippen molar-refractivity contribution in [1.29, 1.82) is 0 Å². The van der Waals surface area contributed by atoms with Crippen LogP contribution in [0.25, 0.3) is 0 Å². The van der Waals surface area contributed by atoms with Gasteiger partial charge in [0.2, 0.25) is 0 Å². The van der Waals surface area contributed by atoms with Crippen molar-refractivity contribution < 1.29 is 33.2 Å². The fourth-order valence-electron chi connectivity index (χ4n) is 3.61. The number of unbranched alkanes of at least 4 members (excludes halogenated alkanes) is 12. The van der Waals surface area contributed by atoms with Crippen LogP contribution in [-0.4, -0.2) is 84.5 Å². The Morgan fingerprint density at radius 3 is 1.19 bits per heavy atom. The van der Waals surface area contributed by atoms with E-state index in [1.165, 1.54) is 70.6 Å². The van der Waals surface area contributed by atoms with Gasteiger partial charge in [-0.25, -0.2) is 0 Å². The second kappa shape index (κ2) is 32.6. The number of esters is 1. The summed E-state index contributed by atoms with van der Waals surface area (Å²) >= 11 is 5.50. The number of hydrogen-bond donors (Lipinski definition) is 0. The standard InChI is InChI=1S/C28H55ClO7/c1-2-3-4-5-6-7-8-9-10-11-12-13-14-15-28(30)36-27-26-35-25-24-34-23-22-33-21-20-32-19-18-31-17-16-29/h2-27H2,1H3. The zero-order valence-corrected chi connectivity index (χ0v) is 23.9. The normalized spacial score (nSPS) is 11.3. The van der Waals surface area contributed by atoms with E-state index in [1.807, 2.05) is 0 Å². The van der Waals surface area contributed by atoms with Crippen LogP contribution in [-0.2, 0) is 33.2 Å². The maximum Gasteiger partial charge on any atom is 0.305 e. The summed E-state index contributed by atoms with van der Waals surface area (Å²) in [6.45, 7) is 7.66. The summed E-state index contributed by atoms with van der Waals surface area (Å²) in [6, 6.07) is 0. The van der Waals surface area contributed by atoms with Gasteiger partial charge in [0.1, 0.15) is 6.61 Å². The van der Waals surface area contributed by atoms with E-state index >= 15 is 0 Å². The molecule has 8 heteroatoms. The molecule has 0 saturated heterocycles. The molecule has 0 N–H and O–H groups in total. The average molecular weight is 539 g/mol. The maximum absolute atomic E-state index is 11.8. The van der Waals surface area contributed by atoms with Gasteiger partial charge in [-0.05, 0) is 6.42 Å². The van der Waals surface area contributed by atoms with Gasteiger partial charge < -0.3 is 28.4 Å². The van der Waals surface area contributed by atoms with Gasteiger partial charge in [0.25, 0.3) is 0 Å². The second-order valence-corrected chi connectivity index (χ2v) is 9.34. The van der Waals surface area contributed by atoms with Gasteiger partial charge in [0, 0.05) is 12.3 Å². The first-order chi connectivity index (χ1) is 17.8. The molecule has 0 atom stereocenters. The number of carbonyl (C=O) groups is 1. The summed E-state index contributed by atoms with van der Waals surface area (Å²) in [5, 5.41) is 0. The van der Waals surface area contributed by atoms with Crippen LogP contribution >= 0.6 is 11.6 Å². The lowest BCUT2D eigenvalue weighted by molar-refractivity contribution is -0.145. The molecule has 0 aliphatic rings. The van der Waals surface area contributed by atoms with E-state index in [0.29, 0.717) is 85.0 Å². The Morgan fingerprint density at radius 2 is 0.806 bits per heavy atom. The van der Waals surface area contributed by atoms with Crippen molar-refractivity contribution in [1.82, 2.24) is 0 Å². The van der Waals surface area contributed by atoms with Crippen LogP contribution in [0.15, 0.2) is 0 Å². The Bertz CT molecular complexity index is 427. The van der Waals surface area contributed by atoms with E-state index < -0.39 is 0 Å². The molecule has 36 heavy (non-hydrogen) atoms. The fourth-order valence-corrected chi connectivity index (χ4v) is 3.72. The average Bonchev–Trinajstić information content (AvgIpc) is 2.88. The zero-order valence-electron chi connectivity index (χ0n) is 23.1. The Kier molecular flexibility index (Phi) is 32.2. The minimum absolute atomic E-state index is 0.123. The highest BCUT2D eigenvalue weighted by molar-refractivity contribution is 6.17. The predicted molar refractivity (Wildman–Crippen MR) is 146 cm³/mol. The van der Waals surface area contributed by atoms with Crippen molar-refractivity contribution in [3.8, 4) is 0 Å². The molecule has 0 amide bonds. The lowest BCUT2D eigenvalue weighted by Gasteiger charge is -2.08. The van der Waals surface area contributed by atoms with Crippen LogP contribution in [0, 0.1) is 0 Å². The summed E-state index contributed by atoms with van der Waals surface area (Å²) in [5.41, 5.74) is 0. The lowest BCUT2D eigenvalue weighted by Crippen LogP contribution is -2.15. The number of rotatable bonds is 31. The van der Waals surface area contributed by atoms with E-state index in [0.717, 1.165) is 12.8 Å². The number of alkyl halides is 1. The predicted octanol–water partition coefficient (Wildman–Crippen LogP) is 6.33. The third-order valence-electron chi connectivity index (χ3n) is 5.68. The first-order valence-electron chi connectivity index (χ1n) is 14.4. The first kappa shape index (κ1) is 35.6. The van der Waals surface area contributed by atoms with Crippen LogP contribution in [0.1, 0.15) is 96.8 Å². The molecule has 216 valence electrons. The van der Waals surface area contributed by atoms with E-state index in [2.05, 4.69) is 6.92 Å². The molecular formula is C28H55ClO7. The Labute approximate surface area is 226 Å². The molecule has 7 nitrogen and oxygen atoms in total. The summed E-state index contributed by atoms with van der Waals surface area (Å²) in [6.07, 6.45) is 17.4. The molecule has 0 saturated carbocycles. The maximum atomic E-state index is 11.8. The Morgan fingerprint density at radius 1 is 0.472 bits per heavy atom. The smallest absolute Gasteiger partial charge is 0.305 e. The molecular weight excluding hydrogens is 484 g/mol. The molecule has 0 aromatic carbocycles. The van der Waals surface area contributed by atoms with Crippen molar-refractivity contribution in [3.63, 3.8) is 0 Å². The third-order valence-corrected chi connectivity index (χ3v) is 5.84. The van der Waals surface area contributed by atoms with E-state index in [1.54, 1.807) is 0 Å². The van der Waals surface area contributed by atoms with Gasteiger partial charge in [0.05, 0.1) is 66.1 Å². The molecule has 0 aromatic heterocycles. The highest BCUT2D eigenvalue weighted by Crippen LogP contribution is 2.13. The van der Waals surface area contributed by atoms with Crippen molar-refractivity contribution in [2.45, 2.75) is 96.8 Å². The number of halogens is 1. The molecule has 0 fully saturated rings. The Balaban J connectivity index is 3.13. The van der Waals surface area contributed by atoms with Crippen LogP contribution in [0.5, 0.6) is 0 Å². The van der Waals surface area contributed by atoms with E-state index in [4.69, 9.17) is 40.0 Å². The number of carbonyl (C=O) groups excluding carboxylic acids is 1. The number of ether oxygens (including phenoxy) is 6. The molecule has 0 aliphatic carbocycles.